The molecule has 1 aromatic carbocycles. The van der Waals surface area contributed by atoms with Crippen LogP contribution in [0, 0.1) is 10.1 Å². The monoisotopic (exact) mass is 357 g/mol. The molecule has 0 bridgehead atoms. The first-order valence-electron chi connectivity index (χ1n) is 7.05. The SMILES string of the molecule is O=C(CNc1cccc([N+](=O)[O-])c1)Sc1nnc(-c2ccncc2)o1. The number of rotatable bonds is 6. The summed E-state index contributed by atoms with van der Waals surface area (Å²) in [6, 6.07) is 9.34. The van der Waals surface area contributed by atoms with Crippen molar-refractivity contribution in [3.63, 3.8) is 0 Å². The summed E-state index contributed by atoms with van der Waals surface area (Å²) in [6.07, 6.45) is 3.20. The average Bonchev–Trinajstić information content (AvgIpc) is 3.09. The second-order valence-electron chi connectivity index (χ2n) is 4.74. The van der Waals surface area contributed by atoms with Gasteiger partial charge in [0.25, 0.3) is 10.9 Å². The van der Waals surface area contributed by atoms with Crippen molar-refractivity contribution in [1.82, 2.24) is 15.2 Å². The molecular weight excluding hydrogens is 346 g/mol. The second kappa shape index (κ2) is 7.53. The number of benzene rings is 1. The van der Waals surface area contributed by atoms with Crippen LogP contribution in [-0.2, 0) is 4.79 Å². The van der Waals surface area contributed by atoms with Gasteiger partial charge in [0.2, 0.25) is 11.0 Å². The van der Waals surface area contributed by atoms with Gasteiger partial charge in [-0.25, -0.2) is 0 Å². The molecule has 0 radical (unpaired) electrons. The summed E-state index contributed by atoms with van der Waals surface area (Å²) in [7, 11) is 0. The van der Waals surface area contributed by atoms with Crippen molar-refractivity contribution in [2.24, 2.45) is 0 Å². The van der Waals surface area contributed by atoms with Crippen molar-refractivity contribution < 1.29 is 14.1 Å². The van der Waals surface area contributed by atoms with E-state index in [4.69, 9.17) is 4.42 Å². The number of nitro benzene ring substituents is 1. The van der Waals surface area contributed by atoms with E-state index < -0.39 is 4.92 Å². The van der Waals surface area contributed by atoms with Crippen LogP contribution < -0.4 is 5.32 Å². The van der Waals surface area contributed by atoms with Gasteiger partial charge in [0.05, 0.1) is 11.5 Å². The summed E-state index contributed by atoms with van der Waals surface area (Å²) in [6.45, 7) is -0.0429. The Labute approximate surface area is 145 Å². The summed E-state index contributed by atoms with van der Waals surface area (Å²) < 4.78 is 5.42. The third-order valence-electron chi connectivity index (χ3n) is 3.03. The highest BCUT2D eigenvalue weighted by molar-refractivity contribution is 8.13. The third-order valence-corrected chi connectivity index (χ3v) is 3.74. The fourth-order valence-corrected chi connectivity index (χ4v) is 2.44. The summed E-state index contributed by atoms with van der Waals surface area (Å²) in [4.78, 5) is 26.1. The molecule has 126 valence electrons. The van der Waals surface area contributed by atoms with Crippen molar-refractivity contribution in [1.29, 1.82) is 0 Å². The molecule has 0 atom stereocenters. The van der Waals surface area contributed by atoms with E-state index in [1.54, 1.807) is 30.6 Å². The first-order valence-corrected chi connectivity index (χ1v) is 7.86. The molecule has 0 spiro atoms. The molecule has 10 heteroatoms. The highest BCUT2D eigenvalue weighted by atomic mass is 32.2. The minimum Gasteiger partial charge on any atom is -0.411 e. The van der Waals surface area contributed by atoms with Gasteiger partial charge in [0, 0.05) is 47.5 Å². The Kier molecular flexibility index (Phi) is 5.00. The lowest BCUT2D eigenvalue weighted by Gasteiger charge is -2.03. The maximum absolute atomic E-state index is 12.0. The molecule has 0 unspecified atom stereocenters. The van der Waals surface area contributed by atoms with Crippen LogP contribution in [-0.4, -0.2) is 31.8 Å². The van der Waals surface area contributed by atoms with E-state index in [1.807, 2.05) is 0 Å². The molecule has 0 aliphatic carbocycles. The molecule has 1 N–H and O–H groups in total. The number of hydrogen-bond acceptors (Lipinski definition) is 9. The summed E-state index contributed by atoms with van der Waals surface area (Å²) in [5.74, 6) is 0.296. The van der Waals surface area contributed by atoms with Crippen LogP contribution >= 0.6 is 11.8 Å². The normalized spacial score (nSPS) is 10.4. The number of carbonyl (C=O) groups is 1. The van der Waals surface area contributed by atoms with Gasteiger partial charge in [-0.2, -0.15) is 0 Å². The first-order chi connectivity index (χ1) is 12.1. The number of hydrogen-bond donors (Lipinski definition) is 1. The lowest BCUT2D eigenvalue weighted by Crippen LogP contribution is -2.10. The van der Waals surface area contributed by atoms with Crippen LogP contribution in [0.5, 0.6) is 0 Å². The van der Waals surface area contributed by atoms with E-state index in [2.05, 4.69) is 20.5 Å². The van der Waals surface area contributed by atoms with E-state index in [0.717, 1.165) is 11.8 Å². The number of pyridine rings is 1. The Morgan fingerprint density at radius 2 is 2.04 bits per heavy atom. The highest BCUT2D eigenvalue weighted by Crippen LogP contribution is 2.23. The number of non-ortho nitro benzene ring substituents is 1. The zero-order chi connectivity index (χ0) is 17.6. The molecule has 2 heterocycles. The number of carbonyl (C=O) groups excluding carboxylic acids is 1. The van der Waals surface area contributed by atoms with Crippen LogP contribution in [0.2, 0.25) is 0 Å². The Balaban J connectivity index is 1.57. The molecule has 0 aliphatic heterocycles. The Bertz CT molecular complexity index is 900. The smallest absolute Gasteiger partial charge is 0.284 e. The molecule has 3 aromatic rings. The lowest BCUT2D eigenvalue weighted by atomic mass is 10.3. The number of nitro groups is 1. The third kappa shape index (κ3) is 4.38. The van der Waals surface area contributed by atoms with Crippen molar-refractivity contribution in [3.05, 3.63) is 58.9 Å². The molecule has 2 aromatic heterocycles. The maximum atomic E-state index is 12.0. The van der Waals surface area contributed by atoms with Crippen molar-refractivity contribution in [3.8, 4) is 11.5 Å². The predicted octanol–water partition coefficient (Wildman–Crippen LogP) is 2.77. The van der Waals surface area contributed by atoms with Gasteiger partial charge < -0.3 is 9.73 Å². The van der Waals surface area contributed by atoms with Crippen molar-refractivity contribution >= 4 is 28.3 Å². The fourth-order valence-electron chi connectivity index (χ4n) is 1.90. The molecule has 0 saturated carbocycles. The minimum atomic E-state index is -0.499. The van der Waals surface area contributed by atoms with E-state index in [1.165, 1.54) is 18.2 Å². The molecule has 0 fully saturated rings. The largest absolute Gasteiger partial charge is 0.411 e. The van der Waals surface area contributed by atoms with Crippen LogP contribution in [0.25, 0.3) is 11.5 Å². The molecular formula is C15H11N5O4S. The highest BCUT2D eigenvalue weighted by Gasteiger charge is 2.14. The van der Waals surface area contributed by atoms with Gasteiger partial charge in [-0.15, -0.1) is 10.2 Å². The summed E-state index contributed by atoms with van der Waals surface area (Å²) in [5, 5.41) is 21.1. The van der Waals surface area contributed by atoms with Gasteiger partial charge in [0.15, 0.2) is 0 Å². The minimum absolute atomic E-state index is 0.0429. The van der Waals surface area contributed by atoms with Gasteiger partial charge in [-0.3, -0.25) is 19.9 Å². The predicted molar refractivity (Wildman–Crippen MR) is 90.0 cm³/mol. The summed E-state index contributed by atoms with van der Waals surface area (Å²) in [5.41, 5.74) is 1.13. The number of thioether (sulfide) groups is 1. The zero-order valence-corrected chi connectivity index (χ0v) is 13.5. The second-order valence-corrected chi connectivity index (χ2v) is 5.75. The molecule has 9 nitrogen and oxygen atoms in total. The van der Waals surface area contributed by atoms with Gasteiger partial charge in [0.1, 0.15) is 0 Å². The molecule has 0 saturated heterocycles. The molecule has 25 heavy (non-hydrogen) atoms. The average molecular weight is 357 g/mol. The number of nitrogens with zero attached hydrogens (tertiary/aromatic N) is 4. The van der Waals surface area contributed by atoms with Gasteiger partial charge in [-0.05, 0) is 18.2 Å². The Morgan fingerprint density at radius 1 is 1.24 bits per heavy atom. The molecule has 0 amide bonds. The maximum Gasteiger partial charge on any atom is 0.284 e. The number of nitrogens with one attached hydrogen (secondary N) is 1. The topological polar surface area (TPSA) is 124 Å². The van der Waals surface area contributed by atoms with E-state index in [9.17, 15) is 14.9 Å². The van der Waals surface area contributed by atoms with Crippen LogP contribution in [0.1, 0.15) is 0 Å². The first kappa shape index (κ1) is 16.6. The van der Waals surface area contributed by atoms with Crippen molar-refractivity contribution in [2.45, 2.75) is 5.22 Å². The Morgan fingerprint density at radius 3 is 2.80 bits per heavy atom. The van der Waals surface area contributed by atoms with E-state index >= 15 is 0 Å². The van der Waals surface area contributed by atoms with Crippen LogP contribution in [0.15, 0.2) is 58.4 Å². The van der Waals surface area contributed by atoms with Crippen LogP contribution in [0.4, 0.5) is 11.4 Å². The van der Waals surface area contributed by atoms with Crippen LogP contribution in [0.3, 0.4) is 0 Å². The standard InChI is InChI=1S/C15H11N5O4S/c21-13(9-17-11-2-1-3-12(8-11)20(22)23)25-15-19-18-14(24-15)10-4-6-16-7-5-10/h1-8,17H,9H2. The lowest BCUT2D eigenvalue weighted by molar-refractivity contribution is -0.384. The fraction of sp³-hybridized carbons (Fsp3) is 0.0667. The number of anilines is 1. The molecule has 0 aliphatic rings. The van der Waals surface area contributed by atoms with Crippen molar-refractivity contribution in [2.75, 3.05) is 11.9 Å². The molecule has 3 rings (SSSR count). The van der Waals surface area contributed by atoms with E-state index in [0.29, 0.717) is 17.1 Å². The summed E-state index contributed by atoms with van der Waals surface area (Å²) >= 11 is 0.798. The van der Waals surface area contributed by atoms with Gasteiger partial charge >= 0.3 is 0 Å². The van der Waals surface area contributed by atoms with Gasteiger partial charge in [-0.1, -0.05) is 6.07 Å². The number of aromatic nitrogens is 3. The quantitative estimate of drug-likeness (QED) is 0.403. The Hall–Kier alpha value is -3.27. The van der Waals surface area contributed by atoms with E-state index in [-0.39, 0.29) is 22.6 Å². The zero-order valence-electron chi connectivity index (χ0n) is 12.7.